The van der Waals surface area contributed by atoms with Crippen LogP contribution in [0.1, 0.15) is 31.2 Å². The Morgan fingerprint density at radius 3 is 2.55 bits per heavy atom. The van der Waals surface area contributed by atoms with E-state index < -0.39 is 0 Å². The predicted molar refractivity (Wildman–Crippen MR) is 82.8 cm³/mol. The lowest BCUT2D eigenvalue weighted by Gasteiger charge is -2.36. The molecular formula is C16H24ClNO2. The zero-order chi connectivity index (χ0) is 14.6. The van der Waals surface area contributed by atoms with Crippen LogP contribution in [0.2, 0.25) is 5.02 Å². The van der Waals surface area contributed by atoms with Crippen LogP contribution < -0.4 is 10.1 Å². The summed E-state index contributed by atoms with van der Waals surface area (Å²) in [4.78, 5) is 0. The molecule has 112 valence electrons. The molecule has 0 heterocycles. The van der Waals surface area contributed by atoms with Gasteiger partial charge in [0.05, 0.1) is 12.7 Å². The van der Waals surface area contributed by atoms with Gasteiger partial charge in [0.2, 0.25) is 0 Å². The van der Waals surface area contributed by atoms with Crippen LogP contribution in [0.4, 0.5) is 0 Å². The third kappa shape index (κ3) is 3.11. The summed E-state index contributed by atoms with van der Waals surface area (Å²) in [6.07, 6.45) is 5.54. The first-order valence-electron chi connectivity index (χ1n) is 7.20. The molecular weight excluding hydrogens is 274 g/mol. The number of hydrogen-bond donors (Lipinski definition) is 1. The Morgan fingerprint density at radius 1 is 1.30 bits per heavy atom. The summed E-state index contributed by atoms with van der Waals surface area (Å²) in [5.74, 6) is 0.888. The number of ether oxygens (including phenoxy) is 2. The van der Waals surface area contributed by atoms with Gasteiger partial charge in [0.15, 0.2) is 0 Å². The maximum absolute atomic E-state index is 6.12. The molecule has 4 heteroatoms. The Labute approximate surface area is 126 Å². The molecule has 1 saturated carbocycles. The number of rotatable bonds is 6. The summed E-state index contributed by atoms with van der Waals surface area (Å²) in [6.45, 7) is 0. The Balaban J connectivity index is 2.23. The van der Waals surface area contributed by atoms with E-state index in [1.165, 1.54) is 12.8 Å². The van der Waals surface area contributed by atoms with Crippen LogP contribution in [0.3, 0.4) is 0 Å². The van der Waals surface area contributed by atoms with Crippen molar-refractivity contribution in [2.24, 2.45) is 0 Å². The minimum absolute atomic E-state index is 0.0674. The van der Waals surface area contributed by atoms with Gasteiger partial charge in [-0.25, -0.2) is 0 Å². The molecule has 0 bridgehead atoms. The number of methoxy groups -OCH3 is 2. The van der Waals surface area contributed by atoms with Crippen LogP contribution in [0.25, 0.3) is 0 Å². The van der Waals surface area contributed by atoms with Gasteiger partial charge in [-0.05, 0) is 50.1 Å². The Kier molecular flexibility index (Phi) is 5.30. The lowest BCUT2D eigenvalue weighted by Crippen LogP contribution is -2.50. The SMILES string of the molecule is CNC(Cc1cc(Cl)ccc1OC)C1(OC)CCCC1. The fraction of sp³-hybridized carbons (Fsp3) is 0.625. The fourth-order valence-corrected chi connectivity index (χ4v) is 3.54. The third-order valence-corrected chi connectivity index (χ3v) is 4.74. The van der Waals surface area contributed by atoms with Gasteiger partial charge in [0.25, 0.3) is 0 Å². The number of hydrogen-bond acceptors (Lipinski definition) is 3. The van der Waals surface area contributed by atoms with E-state index in [1.54, 1.807) is 7.11 Å². The van der Waals surface area contributed by atoms with Crippen molar-refractivity contribution in [1.29, 1.82) is 0 Å². The summed E-state index contributed by atoms with van der Waals surface area (Å²) in [5.41, 5.74) is 1.06. The summed E-state index contributed by atoms with van der Waals surface area (Å²) in [5, 5.41) is 4.18. The van der Waals surface area contributed by atoms with Gasteiger partial charge < -0.3 is 14.8 Å². The molecule has 1 unspecified atom stereocenters. The first kappa shape index (κ1) is 15.6. The van der Waals surface area contributed by atoms with Crippen molar-refractivity contribution in [2.75, 3.05) is 21.3 Å². The van der Waals surface area contributed by atoms with Crippen LogP contribution in [0.15, 0.2) is 18.2 Å². The molecule has 20 heavy (non-hydrogen) atoms. The molecule has 0 amide bonds. The molecule has 0 radical (unpaired) electrons. The molecule has 0 aliphatic heterocycles. The van der Waals surface area contributed by atoms with Gasteiger partial charge >= 0.3 is 0 Å². The number of benzene rings is 1. The fourth-order valence-electron chi connectivity index (χ4n) is 3.35. The van der Waals surface area contributed by atoms with Crippen molar-refractivity contribution in [3.05, 3.63) is 28.8 Å². The Hall–Kier alpha value is -0.770. The van der Waals surface area contributed by atoms with E-state index in [9.17, 15) is 0 Å². The van der Waals surface area contributed by atoms with Crippen LogP contribution in [-0.2, 0) is 11.2 Å². The van der Waals surface area contributed by atoms with E-state index in [2.05, 4.69) is 5.32 Å². The smallest absolute Gasteiger partial charge is 0.122 e. The second-order valence-electron chi connectivity index (χ2n) is 5.48. The summed E-state index contributed by atoms with van der Waals surface area (Å²) in [7, 11) is 5.52. The molecule has 3 nitrogen and oxygen atoms in total. The van der Waals surface area contributed by atoms with Gasteiger partial charge in [0.1, 0.15) is 5.75 Å². The van der Waals surface area contributed by atoms with Gasteiger partial charge in [-0.2, -0.15) is 0 Å². The average molecular weight is 298 g/mol. The van der Waals surface area contributed by atoms with Gasteiger partial charge in [-0.15, -0.1) is 0 Å². The summed E-state index contributed by atoms with van der Waals surface area (Å²) < 4.78 is 11.3. The Bertz CT molecular complexity index is 444. The highest BCUT2D eigenvalue weighted by Gasteiger charge is 2.41. The van der Waals surface area contributed by atoms with E-state index in [-0.39, 0.29) is 11.6 Å². The zero-order valence-electron chi connectivity index (χ0n) is 12.5. The first-order valence-corrected chi connectivity index (χ1v) is 7.58. The second kappa shape index (κ2) is 6.79. The molecule has 1 atom stereocenters. The molecule has 0 aromatic heterocycles. The highest BCUT2D eigenvalue weighted by molar-refractivity contribution is 6.30. The normalized spacial score (nSPS) is 19.0. The highest BCUT2D eigenvalue weighted by Crippen LogP contribution is 2.37. The summed E-state index contributed by atoms with van der Waals surface area (Å²) in [6, 6.07) is 6.05. The van der Waals surface area contributed by atoms with Crippen molar-refractivity contribution in [1.82, 2.24) is 5.32 Å². The van der Waals surface area contributed by atoms with Crippen molar-refractivity contribution in [3.8, 4) is 5.75 Å². The predicted octanol–water partition coefficient (Wildman–Crippen LogP) is 3.44. The maximum Gasteiger partial charge on any atom is 0.122 e. The number of halogens is 1. The minimum Gasteiger partial charge on any atom is -0.496 e. The average Bonchev–Trinajstić information content (AvgIpc) is 2.95. The molecule has 1 aromatic rings. The van der Waals surface area contributed by atoms with Crippen LogP contribution in [0.5, 0.6) is 5.75 Å². The molecule has 2 rings (SSSR count). The largest absolute Gasteiger partial charge is 0.496 e. The van der Waals surface area contributed by atoms with Crippen molar-refractivity contribution >= 4 is 11.6 Å². The first-order chi connectivity index (χ1) is 9.65. The third-order valence-electron chi connectivity index (χ3n) is 4.51. The van der Waals surface area contributed by atoms with E-state index >= 15 is 0 Å². The molecule has 0 spiro atoms. The molecule has 0 saturated heterocycles. The molecule has 1 fully saturated rings. The lowest BCUT2D eigenvalue weighted by atomic mass is 9.87. The number of likely N-dealkylation sites (N-methyl/N-ethyl adjacent to an activating group) is 1. The quantitative estimate of drug-likeness (QED) is 0.872. The summed E-state index contributed by atoms with van der Waals surface area (Å²) >= 11 is 6.12. The van der Waals surface area contributed by atoms with E-state index in [0.29, 0.717) is 0 Å². The molecule has 1 aromatic carbocycles. The monoisotopic (exact) mass is 297 g/mol. The lowest BCUT2D eigenvalue weighted by molar-refractivity contribution is -0.0337. The van der Waals surface area contributed by atoms with E-state index in [4.69, 9.17) is 21.1 Å². The van der Waals surface area contributed by atoms with E-state index in [1.807, 2.05) is 32.4 Å². The number of nitrogens with one attached hydrogen (secondary N) is 1. The second-order valence-corrected chi connectivity index (χ2v) is 5.91. The maximum atomic E-state index is 6.12. The highest BCUT2D eigenvalue weighted by atomic mass is 35.5. The van der Waals surface area contributed by atoms with Crippen LogP contribution in [0, 0.1) is 0 Å². The van der Waals surface area contributed by atoms with Crippen molar-refractivity contribution < 1.29 is 9.47 Å². The van der Waals surface area contributed by atoms with Gasteiger partial charge in [-0.3, -0.25) is 0 Å². The van der Waals surface area contributed by atoms with Crippen LogP contribution >= 0.6 is 11.6 Å². The van der Waals surface area contributed by atoms with Crippen LogP contribution in [-0.4, -0.2) is 32.9 Å². The van der Waals surface area contributed by atoms with Gasteiger partial charge in [0, 0.05) is 18.2 Å². The van der Waals surface area contributed by atoms with Gasteiger partial charge in [-0.1, -0.05) is 24.4 Å². The standard InChI is InChI=1S/C16H24ClNO2/c1-18-15(16(20-3)8-4-5-9-16)11-12-10-13(17)6-7-14(12)19-2/h6-7,10,15,18H,4-5,8-9,11H2,1-3H3. The minimum atomic E-state index is -0.0674. The van der Waals surface area contributed by atoms with E-state index in [0.717, 1.165) is 35.6 Å². The Morgan fingerprint density at radius 2 is 2.00 bits per heavy atom. The zero-order valence-corrected chi connectivity index (χ0v) is 13.3. The van der Waals surface area contributed by atoms with Crippen molar-refractivity contribution in [3.63, 3.8) is 0 Å². The van der Waals surface area contributed by atoms with Crippen molar-refractivity contribution in [2.45, 2.75) is 43.7 Å². The topological polar surface area (TPSA) is 30.5 Å². The molecule has 1 N–H and O–H groups in total. The molecule has 1 aliphatic rings. The molecule has 1 aliphatic carbocycles.